The van der Waals surface area contributed by atoms with E-state index in [0.29, 0.717) is 17.9 Å². The van der Waals surface area contributed by atoms with Gasteiger partial charge in [0, 0.05) is 17.1 Å². The number of hydrogen-bond donors (Lipinski definition) is 1. The predicted octanol–water partition coefficient (Wildman–Crippen LogP) is 1.51. The SMILES string of the molecule is O=C(O)CCc1nnc2cc(Br)ccn12. The van der Waals surface area contributed by atoms with Crippen LogP contribution in [-0.2, 0) is 11.2 Å². The number of aliphatic carboxylic acids is 1. The lowest BCUT2D eigenvalue weighted by atomic mass is 10.3. The van der Waals surface area contributed by atoms with Crippen molar-refractivity contribution in [3.63, 3.8) is 0 Å². The molecule has 0 aliphatic rings. The third kappa shape index (κ3) is 2.15. The summed E-state index contributed by atoms with van der Waals surface area (Å²) in [5, 5.41) is 16.4. The Bertz CT molecular complexity index is 509. The first-order chi connectivity index (χ1) is 7.16. The van der Waals surface area contributed by atoms with Gasteiger partial charge in [0.05, 0.1) is 6.42 Å². The Morgan fingerprint density at radius 2 is 2.33 bits per heavy atom. The minimum atomic E-state index is -0.830. The van der Waals surface area contributed by atoms with Crippen LogP contribution in [0.25, 0.3) is 5.65 Å². The van der Waals surface area contributed by atoms with Gasteiger partial charge in [0.1, 0.15) is 5.82 Å². The number of carbonyl (C=O) groups is 1. The van der Waals surface area contributed by atoms with Crippen LogP contribution < -0.4 is 0 Å². The van der Waals surface area contributed by atoms with E-state index in [9.17, 15) is 4.79 Å². The Balaban J connectivity index is 2.32. The second kappa shape index (κ2) is 3.98. The van der Waals surface area contributed by atoms with Gasteiger partial charge in [-0.05, 0) is 12.1 Å². The van der Waals surface area contributed by atoms with E-state index in [4.69, 9.17) is 5.11 Å². The highest BCUT2D eigenvalue weighted by Crippen LogP contribution is 2.13. The molecule has 0 atom stereocenters. The zero-order valence-electron chi connectivity index (χ0n) is 7.72. The van der Waals surface area contributed by atoms with Crippen molar-refractivity contribution in [3.05, 3.63) is 28.6 Å². The molecular formula is C9H8BrN3O2. The van der Waals surface area contributed by atoms with E-state index in [-0.39, 0.29) is 6.42 Å². The van der Waals surface area contributed by atoms with E-state index in [1.165, 1.54) is 0 Å². The average molecular weight is 270 g/mol. The molecule has 0 aliphatic heterocycles. The Morgan fingerprint density at radius 1 is 1.53 bits per heavy atom. The topological polar surface area (TPSA) is 67.5 Å². The van der Waals surface area contributed by atoms with Gasteiger partial charge in [-0.25, -0.2) is 0 Å². The largest absolute Gasteiger partial charge is 0.481 e. The minimum absolute atomic E-state index is 0.0663. The lowest BCUT2D eigenvalue weighted by Gasteiger charge is -1.97. The Kier molecular flexibility index (Phi) is 2.68. The van der Waals surface area contributed by atoms with Crippen LogP contribution >= 0.6 is 15.9 Å². The van der Waals surface area contributed by atoms with Gasteiger partial charge in [0.25, 0.3) is 0 Å². The summed E-state index contributed by atoms with van der Waals surface area (Å²) in [6, 6.07) is 3.69. The second-order valence-electron chi connectivity index (χ2n) is 3.08. The van der Waals surface area contributed by atoms with Crippen LogP contribution in [0.5, 0.6) is 0 Å². The molecule has 2 heterocycles. The molecule has 2 rings (SSSR count). The van der Waals surface area contributed by atoms with Crippen molar-refractivity contribution in [2.75, 3.05) is 0 Å². The number of halogens is 1. The molecule has 0 saturated carbocycles. The van der Waals surface area contributed by atoms with Crippen LogP contribution in [-0.4, -0.2) is 25.7 Å². The van der Waals surface area contributed by atoms with E-state index < -0.39 is 5.97 Å². The smallest absolute Gasteiger partial charge is 0.303 e. The quantitative estimate of drug-likeness (QED) is 0.917. The molecule has 0 aromatic carbocycles. The number of rotatable bonds is 3. The third-order valence-corrected chi connectivity index (χ3v) is 2.50. The highest BCUT2D eigenvalue weighted by atomic mass is 79.9. The third-order valence-electron chi connectivity index (χ3n) is 2.01. The van der Waals surface area contributed by atoms with Crippen molar-refractivity contribution in [2.24, 2.45) is 0 Å². The molecule has 0 unspecified atom stereocenters. The summed E-state index contributed by atoms with van der Waals surface area (Å²) in [5.41, 5.74) is 0.713. The van der Waals surface area contributed by atoms with Gasteiger partial charge in [-0.15, -0.1) is 10.2 Å². The summed E-state index contributed by atoms with van der Waals surface area (Å²) in [4.78, 5) is 10.4. The van der Waals surface area contributed by atoms with Crippen LogP contribution in [0.4, 0.5) is 0 Å². The summed E-state index contributed by atoms with van der Waals surface area (Å²) < 4.78 is 2.71. The van der Waals surface area contributed by atoms with E-state index in [1.54, 1.807) is 4.40 Å². The molecule has 0 aliphatic carbocycles. The summed E-state index contributed by atoms with van der Waals surface area (Å²) in [6.07, 6.45) is 2.27. The maximum Gasteiger partial charge on any atom is 0.303 e. The molecule has 0 fully saturated rings. The summed E-state index contributed by atoms with van der Waals surface area (Å²) in [7, 11) is 0. The first-order valence-electron chi connectivity index (χ1n) is 4.38. The van der Waals surface area contributed by atoms with Gasteiger partial charge in [0.2, 0.25) is 0 Å². The van der Waals surface area contributed by atoms with Crippen LogP contribution in [0.1, 0.15) is 12.2 Å². The van der Waals surface area contributed by atoms with Crippen molar-refractivity contribution in [1.82, 2.24) is 14.6 Å². The first-order valence-corrected chi connectivity index (χ1v) is 5.17. The summed E-state index contributed by atoms with van der Waals surface area (Å²) >= 11 is 3.33. The number of aryl methyl sites for hydroxylation is 1. The highest BCUT2D eigenvalue weighted by Gasteiger charge is 2.07. The van der Waals surface area contributed by atoms with E-state index in [2.05, 4.69) is 26.1 Å². The molecule has 0 saturated heterocycles. The summed E-state index contributed by atoms with van der Waals surface area (Å²) in [5.74, 6) is -0.163. The molecular weight excluding hydrogens is 262 g/mol. The van der Waals surface area contributed by atoms with E-state index in [1.807, 2.05) is 18.3 Å². The van der Waals surface area contributed by atoms with Crippen LogP contribution in [0, 0.1) is 0 Å². The maximum atomic E-state index is 10.4. The number of fused-ring (bicyclic) bond motifs is 1. The van der Waals surface area contributed by atoms with Crippen molar-refractivity contribution < 1.29 is 9.90 Å². The number of carboxylic acids is 1. The molecule has 1 N–H and O–H groups in total. The van der Waals surface area contributed by atoms with Crippen molar-refractivity contribution in [3.8, 4) is 0 Å². The van der Waals surface area contributed by atoms with Crippen LogP contribution in [0.15, 0.2) is 22.8 Å². The normalized spacial score (nSPS) is 10.7. The molecule has 0 bridgehead atoms. The Hall–Kier alpha value is -1.43. The highest BCUT2D eigenvalue weighted by molar-refractivity contribution is 9.10. The molecule has 0 spiro atoms. The van der Waals surface area contributed by atoms with Gasteiger partial charge in [-0.1, -0.05) is 15.9 Å². The molecule has 0 amide bonds. The molecule has 6 heteroatoms. The molecule has 15 heavy (non-hydrogen) atoms. The molecule has 2 aromatic rings. The first kappa shape index (κ1) is 10.1. The number of pyridine rings is 1. The zero-order chi connectivity index (χ0) is 10.8. The standard InChI is InChI=1S/C9H8BrN3O2/c10-6-3-4-13-7(1-2-9(14)15)11-12-8(13)5-6/h3-5H,1-2H2,(H,14,15). The van der Waals surface area contributed by atoms with Crippen LogP contribution in [0.2, 0.25) is 0 Å². The molecule has 2 aromatic heterocycles. The fourth-order valence-electron chi connectivity index (χ4n) is 1.30. The second-order valence-corrected chi connectivity index (χ2v) is 4.00. The summed E-state index contributed by atoms with van der Waals surface area (Å²) in [6.45, 7) is 0. The van der Waals surface area contributed by atoms with Crippen molar-refractivity contribution in [2.45, 2.75) is 12.8 Å². The number of aromatic nitrogens is 3. The Labute approximate surface area is 93.9 Å². The fourth-order valence-corrected chi connectivity index (χ4v) is 1.63. The van der Waals surface area contributed by atoms with Crippen molar-refractivity contribution in [1.29, 1.82) is 0 Å². The zero-order valence-corrected chi connectivity index (χ0v) is 9.31. The number of carboxylic acid groups (broad SMARTS) is 1. The van der Waals surface area contributed by atoms with Gasteiger partial charge < -0.3 is 5.11 Å². The molecule has 0 radical (unpaired) electrons. The Morgan fingerprint density at radius 3 is 3.07 bits per heavy atom. The minimum Gasteiger partial charge on any atom is -0.481 e. The van der Waals surface area contributed by atoms with Crippen LogP contribution in [0.3, 0.4) is 0 Å². The van der Waals surface area contributed by atoms with Gasteiger partial charge in [-0.3, -0.25) is 9.20 Å². The predicted molar refractivity (Wildman–Crippen MR) is 56.6 cm³/mol. The molecule has 78 valence electrons. The van der Waals surface area contributed by atoms with Gasteiger partial charge >= 0.3 is 5.97 Å². The van der Waals surface area contributed by atoms with E-state index >= 15 is 0 Å². The number of nitrogens with zero attached hydrogens (tertiary/aromatic N) is 3. The van der Waals surface area contributed by atoms with Gasteiger partial charge in [0.15, 0.2) is 5.65 Å². The monoisotopic (exact) mass is 269 g/mol. The number of hydrogen-bond acceptors (Lipinski definition) is 3. The maximum absolute atomic E-state index is 10.4. The van der Waals surface area contributed by atoms with Gasteiger partial charge in [-0.2, -0.15) is 0 Å². The van der Waals surface area contributed by atoms with Crippen molar-refractivity contribution >= 4 is 27.5 Å². The fraction of sp³-hybridized carbons (Fsp3) is 0.222. The lowest BCUT2D eigenvalue weighted by molar-refractivity contribution is -0.137. The van der Waals surface area contributed by atoms with E-state index in [0.717, 1.165) is 4.47 Å². The molecule has 5 nitrogen and oxygen atoms in total. The lowest BCUT2D eigenvalue weighted by Crippen LogP contribution is -2.01. The average Bonchev–Trinajstić information content (AvgIpc) is 2.57.